The predicted octanol–water partition coefficient (Wildman–Crippen LogP) is 3.84. The number of alkyl halides is 3. The molecule has 0 radical (unpaired) electrons. The van der Waals surface area contributed by atoms with Crippen LogP contribution in [0.2, 0.25) is 0 Å². The first kappa shape index (κ1) is 26.0. The average molecular weight is 506 g/mol. The van der Waals surface area contributed by atoms with Gasteiger partial charge >= 0.3 is 6.18 Å². The Morgan fingerprint density at radius 2 is 1.94 bits per heavy atom. The Hall–Kier alpha value is -3.08. The van der Waals surface area contributed by atoms with Crippen molar-refractivity contribution in [1.29, 1.82) is 0 Å². The minimum Gasteiger partial charge on any atom is -0.475 e. The topological polar surface area (TPSA) is 78.3 Å². The van der Waals surface area contributed by atoms with E-state index in [9.17, 15) is 18.3 Å². The molecule has 2 atom stereocenters. The third-order valence-corrected chi connectivity index (χ3v) is 6.19. The van der Waals surface area contributed by atoms with Crippen molar-refractivity contribution in [2.75, 3.05) is 49.3 Å². The van der Waals surface area contributed by atoms with Gasteiger partial charge in [-0.3, -0.25) is 0 Å². The highest BCUT2D eigenvalue weighted by Crippen LogP contribution is 2.36. The summed E-state index contributed by atoms with van der Waals surface area (Å²) in [7, 11) is 0. The Morgan fingerprint density at radius 3 is 2.61 bits per heavy atom. The Balaban J connectivity index is 1.69. The van der Waals surface area contributed by atoms with Crippen LogP contribution in [0.15, 0.2) is 54.3 Å². The third kappa shape index (κ3) is 6.00. The minimum absolute atomic E-state index is 0.113. The molecule has 1 saturated heterocycles. The second-order valence-corrected chi connectivity index (χ2v) is 8.88. The zero-order valence-electron chi connectivity index (χ0n) is 20.2. The van der Waals surface area contributed by atoms with Crippen molar-refractivity contribution in [2.24, 2.45) is 0 Å². The van der Waals surface area contributed by atoms with Crippen molar-refractivity contribution in [3.05, 3.63) is 59.8 Å². The normalized spacial score (nSPS) is 19.3. The molecule has 3 heterocycles. The van der Waals surface area contributed by atoms with Gasteiger partial charge in [0.1, 0.15) is 18.5 Å². The van der Waals surface area contributed by atoms with E-state index in [4.69, 9.17) is 14.6 Å². The quantitative estimate of drug-likeness (QED) is 0.592. The molecule has 0 bridgehead atoms. The molecular formula is C26H30F3N3O4. The summed E-state index contributed by atoms with van der Waals surface area (Å²) in [6.07, 6.45) is -1.67. The summed E-state index contributed by atoms with van der Waals surface area (Å²) >= 11 is 0. The van der Waals surface area contributed by atoms with Crippen molar-refractivity contribution in [3.63, 3.8) is 0 Å². The van der Waals surface area contributed by atoms with Crippen LogP contribution in [-0.4, -0.2) is 73.0 Å². The van der Waals surface area contributed by atoms with E-state index >= 15 is 0 Å². The van der Waals surface area contributed by atoms with Crippen molar-refractivity contribution in [2.45, 2.75) is 32.2 Å². The van der Waals surface area contributed by atoms with Gasteiger partial charge in [0.05, 0.1) is 25.4 Å². The maximum atomic E-state index is 13.1. The van der Waals surface area contributed by atoms with E-state index in [1.807, 2.05) is 31.2 Å². The van der Waals surface area contributed by atoms with Crippen LogP contribution < -0.4 is 14.5 Å². The van der Waals surface area contributed by atoms with Crippen LogP contribution in [0.3, 0.4) is 0 Å². The van der Waals surface area contributed by atoms with E-state index in [0.29, 0.717) is 38.0 Å². The van der Waals surface area contributed by atoms with Gasteiger partial charge in [0, 0.05) is 37.1 Å². The number of aliphatic hydroxyl groups excluding tert-OH is 2. The molecule has 1 aromatic heterocycles. The fraction of sp³-hybridized carbons (Fsp3) is 0.423. The van der Waals surface area contributed by atoms with Crippen LogP contribution in [0, 0.1) is 6.92 Å². The smallest absolute Gasteiger partial charge is 0.416 e. The molecule has 4 rings (SSSR count). The molecule has 2 aliphatic rings. The maximum absolute atomic E-state index is 13.1. The lowest BCUT2D eigenvalue weighted by Gasteiger charge is -2.31. The lowest BCUT2D eigenvalue weighted by molar-refractivity contribution is -0.0886. The highest BCUT2D eigenvalue weighted by atomic mass is 19.4. The van der Waals surface area contributed by atoms with Crippen molar-refractivity contribution in [1.82, 2.24) is 4.98 Å². The van der Waals surface area contributed by atoms with Gasteiger partial charge in [0.2, 0.25) is 5.88 Å². The average Bonchev–Trinajstić information content (AvgIpc) is 2.87. The Bertz CT molecular complexity index is 1130. The monoisotopic (exact) mass is 505 g/mol. The zero-order chi connectivity index (χ0) is 25.9. The number of hydrogen-bond donors (Lipinski definition) is 2. The molecule has 1 unspecified atom stereocenters. The van der Waals surface area contributed by atoms with Crippen molar-refractivity contribution >= 4 is 11.5 Å². The molecule has 0 spiro atoms. The molecule has 1 fully saturated rings. The minimum atomic E-state index is -4.39. The second-order valence-electron chi connectivity index (χ2n) is 8.88. The first-order valence-corrected chi connectivity index (χ1v) is 11.8. The number of hydrogen-bond acceptors (Lipinski definition) is 7. The number of nitrogens with zero attached hydrogens (tertiary/aromatic N) is 3. The molecular weight excluding hydrogens is 475 g/mol. The van der Waals surface area contributed by atoms with Crippen LogP contribution in [0.5, 0.6) is 5.88 Å². The van der Waals surface area contributed by atoms with E-state index < -0.39 is 30.5 Å². The predicted molar refractivity (Wildman–Crippen MR) is 131 cm³/mol. The molecule has 0 amide bonds. The van der Waals surface area contributed by atoms with E-state index in [-0.39, 0.29) is 6.61 Å². The Labute approximate surface area is 208 Å². The fourth-order valence-electron chi connectivity index (χ4n) is 4.19. The maximum Gasteiger partial charge on any atom is 0.416 e. The number of benzene rings is 1. The summed E-state index contributed by atoms with van der Waals surface area (Å²) in [6, 6.07) is 8.97. The molecule has 2 N–H and O–H groups in total. The van der Waals surface area contributed by atoms with Crippen LogP contribution in [-0.2, 0) is 4.74 Å². The van der Waals surface area contributed by atoms with Gasteiger partial charge in [-0.1, -0.05) is 6.07 Å². The summed E-state index contributed by atoms with van der Waals surface area (Å²) in [4.78, 5) is 8.47. The number of rotatable bonds is 7. The van der Waals surface area contributed by atoms with Gasteiger partial charge in [-0.15, -0.1) is 0 Å². The molecule has 2 aromatic rings. The molecule has 10 heteroatoms. The molecule has 0 saturated carbocycles. The first-order chi connectivity index (χ1) is 17.2. The number of morpholine rings is 1. The number of aliphatic hydroxyl groups is 2. The molecule has 1 aromatic carbocycles. The largest absolute Gasteiger partial charge is 0.475 e. The van der Waals surface area contributed by atoms with E-state index in [1.165, 1.54) is 12.3 Å². The summed E-state index contributed by atoms with van der Waals surface area (Å²) in [5.41, 5.74) is 2.76. The van der Waals surface area contributed by atoms with Crippen LogP contribution >= 0.6 is 0 Å². The van der Waals surface area contributed by atoms with Crippen LogP contribution in [0.25, 0.3) is 11.1 Å². The van der Waals surface area contributed by atoms with Gasteiger partial charge < -0.3 is 29.5 Å². The van der Waals surface area contributed by atoms with Crippen LogP contribution in [0.4, 0.5) is 24.7 Å². The number of ether oxygens (including phenoxy) is 2. The molecule has 7 nitrogen and oxygen atoms in total. The number of anilines is 2. The van der Waals surface area contributed by atoms with Gasteiger partial charge in [-0.25, -0.2) is 0 Å². The Morgan fingerprint density at radius 1 is 1.19 bits per heavy atom. The summed E-state index contributed by atoms with van der Waals surface area (Å²) in [6.45, 7) is 5.62. The summed E-state index contributed by atoms with van der Waals surface area (Å²) in [5, 5.41) is 18.9. The molecule has 0 aliphatic carbocycles. The van der Waals surface area contributed by atoms with E-state index in [2.05, 4.69) is 9.88 Å². The lowest BCUT2D eigenvalue weighted by Crippen LogP contribution is -2.36. The lowest BCUT2D eigenvalue weighted by atomic mass is 9.99. The summed E-state index contributed by atoms with van der Waals surface area (Å²) in [5.74, 6) is 0.994. The summed E-state index contributed by atoms with van der Waals surface area (Å²) < 4.78 is 50.6. The second kappa shape index (κ2) is 10.9. The Kier molecular flexibility index (Phi) is 7.87. The SMILES string of the molecule is Cc1ccc(N2C=CC(C(F)(F)F)=C[C@@H]2C)cc1-c1cc(OCC(O)CO)nc(N2CCOCC2)c1. The highest BCUT2D eigenvalue weighted by Gasteiger charge is 2.34. The number of halogens is 3. The first-order valence-electron chi connectivity index (χ1n) is 11.8. The standard InChI is InChI=1S/C26H30F3N3O4/c1-17-3-4-21(32-6-5-20(11-18(32)2)26(27,28)29)14-23(17)19-12-24(31-7-9-35-10-8-31)30-25(13-19)36-16-22(34)15-33/h3-6,11-14,18,22,33-34H,7-10,15-16H2,1-2H3/t18-,22?/m0/s1. The van der Waals surface area contributed by atoms with Gasteiger partial charge in [0.25, 0.3) is 0 Å². The number of aryl methyl sites for hydroxylation is 1. The van der Waals surface area contributed by atoms with E-state index in [1.54, 1.807) is 17.9 Å². The molecule has 36 heavy (non-hydrogen) atoms. The number of pyridine rings is 1. The fourth-order valence-corrected chi connectivity index (χ4v) is 4.19. The molecule has 2 aliphatic heterocycles. The number of allylic oxidation sites excluding steroid dienone is 2. The highest BCUT2D eigenvalue weighted by molar-refractivity contribution is 5.75. The van der Waals surface area contributed by atoms with Gasteiger partial charge in [0.15, 0.2) is 0 Å². The third-order valence-electron chi connectivity index (χ3n) is 6.19. The number of aromatic nitrogens is 1. The van der Waals surface area contributed by atoms with Crippen LogP contribution in [0.1, 0.15) is 12.5 Å². The van der Waals surface area contributed by atoms with Crippen molar-refractivity contribution in [3.8, 4) is 17.0 Å². The van der Waals surface area contributed by atoms with Gasteiger partial charge in [-0.05, 0) is 60.9 Å². The van der Waals surface area contributed by atoms with Gasteiger partial charge in [-0.2, -0.15) is 18.2 Å². The molecule has 194 valence electrons. The van der Waals surface area contributed by atoms with Crippen molar-refractivity contribution < 1.29 is 32.9 Å². The van der Waals surface area contributed by atoms with E-state index in [0.717, 1.165) is 28.5 Å². The zero-order valence-corrected chi connectivity index (χ0v) is 20.2.